The summed E-state index contributed by atoms with van der Waals surface area (Å²) < 4.78 is 21.6. The molecule has 40 heavy (non-hydrogen) atoms. The third-order valence-electron chi connectivity index (χ3n) is 5.90. The van der Waals surface area contributed by atoms with E-state index < -0.39 is 11.7 Å². The number of hydrogen-bond acceptors (Lipinski definition) is 5. The lowest BCUT2D eigenvalue weighted by molar-refractivity contribution is 0.0524. The third kappa shape index (κ3) is 7.63. The highest BCUT2D eigenvalue weighted by molar-refractivity contribution is 9.10. The smallest absolute Gasteiger partial charge is 0.437 e. The lowest BCUT2D eigenvalue weighted by atomic mass is 10.2. The number of imidazole rings is 1. The van der Waals surface area contributed by atoms with Gasteiger partial charge in [-0.05, 0) is 82.1 Å². The summed E-state index contributed by atoms with van der Waals surface area (Å²) in [6.07, 6.45) is -0.0117. The monoisotopic (exact) mass is 607 g/mol. The molecule has 0 aliphatic heterocycles. The lowest BCUT2D eigenvalue weighted by Crippen LogP contribution is -2.30. The normalized spacial score (nSPS) is 12.0. The average molecular weight is 609 g/mol. The highest BCUT2D eigenvalue weighted by Gasteiger charge is 2.18. The maximum atomic E-state index is 12.9. The Morgan fingerprint density at radius 2 is 1.65 bits per heavy atom. The fraction of sp³-hybridized carbons (Fsp3) is 0.323. The van der Waals surface area contributed by atoms with Crippen molar-refractivity contribution in [1.82, 2.24) is 9.13 Å². The molecule has 0 atom stereocenters. The molecule has 4 aromatic rings. The van der Waals surface area contributed by atoms with Gasteiger partial charge in [0, 0.05) is 11.0 Å². The second-order valence-electron chi connectivity index (χ2n) is 10.2. The molecule has 1 aromatic heterocycles. The molecule has 8 nitrogen and oxygen atoms in total. The van der Waals surface area contributed by atoms with Crippen LogP contribution in [0.3, 0.4) is 0 Å². The number of carbonyl (C=O) groups is 2. The van der Waals surface area contributed by atoms with Crippen molar-refractivity contribution >= 4 is 39.0 Å². The molecule has 0 saturated heterocycles. The number of benzene rings is 3. The first-order valence-corrected chi connectivity index (χ1v) is 14.0. The Hall–Kier alpha value is -3.85. The summed E-state index contributed by atoms with van der Waals surface area (Å²) in [7, 11) is 0. The Labute approximate surface area is 242 Å². The van der Waals surface area contributed by atoms with Crippen LogP contribution in [0.25, 0.3) is 11.0 Å². The quantitative estimate of drug-likeness (QED) is 0.155. The minimum atomic E-state index is -0.668. The molecule has 1 amide bonds. The fourth-order valence-electron chi connectivity index (χ4n) is 4.30. The van der Waals surface area contributed by atoms with E-state index in [1.165, 1.54) is 0 Å². The Bertz CT molecular complexity index is 1570. The van der Waals surface area contributed by atoms with Gasteiger partial charge in [-0.2, -0.15) is 0 Å². The summed E-state index contributed by atoms with van der Waals surface area (Å²) in [4.78, 5) is 29.4. The predicted molar refractivity (Wildman–Crippen MR) is 157 cm³/mol. The Kier molecular flexibility index (Phi) is 9.47. The van der Waals surface area contributed by atoms with Crippen molar-refractivity contribution in [3.63, 3.8) is 0 Å². The zero-order chi connectivity index (χ0) is 28.7. The van der Waals surface area contributed by atoms with Gasteiger partial charge >= 0.3 is 12.1 Å². The first kappa shape index (κ1) is 29.1. The van der Waals surface area contributed by atoms with Crippen LogP contribution in [-0.4, -0.2) is 40.0 Å². The van der Waals surface area contributed by atoms with Gasteiger partial charge in [-0.15, -0.1) is 4.99 Å². The summed E-state index contributed by atoms with van der Waals surface area (Å²) in [6, 6.07) is 23.0. The average Bonchev–Trinajstić information content (AvgIpc) is 3.17. The van der Waals surface area contributed by atoms with E-state index in [9.17, 15) is 9.59 Å². The first-order valence-electron chi connectivity index (χ1n) is 13.2. The number of rotatable bonds is 9. The summed E-state index contributed by atoms with van der Waals surface area (Å²) in [5, 5.41) is 0. The van der Waals surface area contributed by atoms with Gasteiger partial charge in [0.1, 0.15) is 11.4 Å². The van der Waals surface area contributed by atoms with E-state index in [1.807, 2.05) is 78.4 Å². The highest BCUT2D eigenvalue weighted by atomic mass is 79.9. The summed E-state index contributed by atoms with van der Waals surface area (Å²) >= 11 is 3.55. The number of ether oxygens (including phenoxy) is 3. The van der Waals surface area contributed by atoms with Gasteiger partial charge < -0.3 is 23.3 Å². The largest absolute Gasteiger partial charge is 0.494 e. The molecule has 0 aliphatic rings. The molecule has 0 fully saturated rings. The number of fused-ring (bicyclic) bond motifs is 1. The number of halogens is 1. The number of amides is 1. The van der Waals surface area contributed by atoms with Crippen molar-refractivity contribution in [1.29, 1.82) is 0 Å². The second kappa shape index (κ2) is 13.0. The number of esters is 1. The van der Waals surface area contributed by atoms with Crippen molar-refractivity contribution in [3.05, 3.63) is 94.0 Å². The molecule has 0 spiro atoms. The van der Waals surface area contributed by atoms with Crippen LogP contribution in [-0.2, 0) is 22.6 Å². The van der Waals surface area contributed by atoms with E-state index in [2.05, 4.69) is 27.0 Å². The van der Waals surface area contributed by atoms with Crippen LogP contribution in [0.4, 0.5) is 4.79 Å². The van der Waals surface area contributed by atoms with E-state index in [1.54, 1.807) is 25.1 Å². The van der Waals surface area contributed by atoms with E-state index >= 15 is 0 Å². The molecule has 1 heterocycles. The molecule has 9 heteroatoms. The standard InChI is InChI=1S/C31H34BrN3O5/c1-5-38-28(36)23-12-9-14-25(20-23)39-18-10-17-34-26-15-6-7-16-27(26)35(21-22-11-8-13-24(32)19-22)29(34)33-30(37)40-31(2,3)4/h6-9,11-16,19-20H,5,10,17-18,21H2,1-4H3/b33-29+. The first-order chi connectivity index (χ1) is 19.1. The summed E-state index contributed by atoms with van der Waals surface area (Å²) in [6.45, 7) is 9.01. The van der Waals surface area contributed by atoms with Crippen molar-refractivity contribution in [3.8, 4) is 5.75 Å². The molecule has 0 aliphatic carbocycles. The maximum absolute atomic E-state index is 12.9. The minimum Gasteiger partial charge on any atom is -0.494 e. The molecule has 0 unspecified atom stereocenters. The topological polar surface area (TPSA) is 84.1 Å². The number of hydrogen-bond donors (Lipinski definition) is 0. The zero-order valence-corrected chi connectivity index (χ0v) is 24.8. The molecule has 0 saturated carbocycles. The molecule has 0 N–H and O–H groups in total. The number of carbonyl (C=O) groups excluding carboxylic acids is 2. The third-order valence-corrected chi connectivity index (χ3v) is 6.39. The summed E-state index contributed by atoms with van der Waals surface area (Å²) in [5.41, 5.74) is 3.24. The van der Waals surface area contributed by atoms with Crippen molar-refractivity contribution in [2.45, 2.75) is 52.8 Å². The van der Waals surface area contributed by atoms with E-state index in [-0.39, 0.29) is 5.97 Å². The number of aromatic nitrogens is 2. The molecule has 4 rings (SSSR count). The van der Waals surface area contributed by atoms with Crippen LogP contribution in [0.5, 0.6) is 5.75 Å². The van der Waals surface area contributed by atoms with Crippen molar-refractivity contribution in [2.75, 3.05) is 13.2 Å². The van der Waals surface area contributed by atoms with Gasteiger partial charge in [0.25, 0.3) is 0 Å². The maximum Gasteiger partial charge on any atom is 0.437 e. The molecule has 210 valence electrons. The van der Waals surface area contributed by atoms with Gasteiger partial charge in [-0.25, -0.2) is 9.59 Å². The lowest BCUT2D eigenvalue weighted by Gasteiger charge is -2.17. The number of nitrogens with zero attached hydrogens (tertiary/aromatic N) is 3. The molecule has 0 radical (unpaired) electrons. The van der Waals surface area contributed by atoms with Gasteiger partial charge in [0.15, 0.2) is 0 Å². The SMILES string of the molecule is CCOC(=O)c1cccc(OCCCn2/c(=N\C(=O)OC(C)(C)C)n(Cc3cccc(Br)c3)c3ccccc32)c1. The zero-order valence-electron chi connectivity index (χ0n) is 23.2. The number of aryl methyl sites for hydroxylation is 1. The number of para-hydroxylation sites is 2. The van der Waals surface area contributed by atoms with Gasteiger partial charge in [-0.3, -0.25) is 0 Å². The van der Waals surface area contributed by atoms with Gasteiger partial charge in [0.05, 0.1) is 36.4 Å². The van der Waals surface area contributed by atoms with E-state index in [0.717, 1.165) is 21.1 Å². The molecular formula is C31H34BrN3O5. The Morgan fingerprint density at radius 1 is 0.925 bits per heavy atom. The van der Waals surface area contributed by atoms with Crippen LogP contribution >= 0.6 is 15.9 Å². The van der Waals surface area contributed by atoms with Gasteiger partial charge in [0.2, 0.25) is 5.62 Å². The van der Waals surface area contributed by atoms with Crippen molar-refractivity contribution < 1.29 is 23.8 Å². The van der Waals surface area contributed by atoms with Crippen LogP contribution < -0.4 is 10.4 Å². The van der Waals surface area contributed by atoms with Crippen LogP contribution in [0.2, 0.25) is 0 Å². The Balaban J connectivity index is 1.64. The molecular weight excluding hydrogens is 574 g/mol. The van der Waals surface area contributed by atoms with Crippen LogP contribution in [0.15, 0.2) is 82.3 Å². The van der Waals surface area contributed by atoms with Crippen molar-refractivity contribution in [2.24, 2.45) is 4.99 Å². The fourth-order valence-corrected chi connectivity index (χ4v) is 4.75. The molecule has 0 bridgehead atoms. The minimum absolute atomic E-state index is 0.312. The van der Waals surface area contributed by atoms with Crippen LogP contribution in [0.1, 0.15) is 50.0 Å². The summed E-state index contributed by atoms with van der Waals surface area (Å²) in [5.74, 6) is 0.210. The predicted octanol–water partition coefficient (Wildman–Crippen LogP) is 6.74. The van der Waals surface area contributed by atoms with Crippen LogP contribution in [0, 0.1) is 0 Å². The second-order valence-corrected chi connectivity index (χ2v) is 11.1. The van der Waals surface area contributed by atoms with E-state index in [0.29, 0.717) is 49.7 Å². The van der Waals surface area contributed by atoms with Gasteiger partial charge in [-0.1, -0.05) is 46.3 Å². The molecule has 3 aromatic carbocycles. The Morgan fingerprint density at radius 3 is 2.35 bits per heavy atom. The highest BCUT2D eigenvalue weighted by Crippen LogP contribution is 2.19. The van der Waals surface area contributed by atoms with E-state index in [4.69, 9.17) is 14.2 Å².